The van der Waals surface area contributed by atoms with Crippen LogP contribution in [0.1, 0.15) is 36.9 Å². The van der Waals surface area contributed by atoms with Gasteiger partial charge in [0, 0.05) is 54.2 Å². The fourth-order valence-electron chi connectivity index (χ4n) is 5.61. The third-order valence-electron chi connectivity index (χ3n) is 7.66. The molecule has 0 radical (unpaired) electrons. The molecule has 2 amide bonds. The summed E-state index contributed by atoms with van der Waals surface area (Å²) < 4.78 is 2.39. The topological polar surface area (TPSA) is 71.6 Å². The summed E-state index contributed by atoms with van der Waals surface area (Å²) in [5, 5.41) is 2.00. The second-order valence-corrected chi connectivity index (χ2v) is 10.4. The maximum atomic E-state index is 13.1. The van der Waals surface area contributed by atoms with Gasteiger partial charge in [-0.05, 0) is 74.0 Å². The highest BCUT2D eigenvalue weighted by Gasteiger charge is 2.32. The van der Waals surface area contributed by atoms with Crippen molar-refractivity contribution in [1.29, 1.82) is 0 Å². The fraction of sp³-hybridized carbons (Fsp3) is 0.429. The van der Waals surface area contributed by atoms with Crippen LogP contribution in [0.2, 0.25) is 5.02 Å². The molecule has 5 rings (SSSR count). The van der Waals surface area contributed by atoms with Crippen LogP contribution in [0.5, 0.6) is 0 Å². The predicted molar refractivity (Wildman–Crippen MR) is 139 cm³/mol. The average Bonchev–Trinajstić information content (AvgIpc) is 3.21. The van der Waals surface area contributed by atoms with Crippen molar-refractivity contribution in [2.75, 3.05) is 26.2 Å². The van der Waals surface area contributed by atoms with Gasteiger partial charge >= 0.3 is 0 Å². The van der Waals surface area contributed by atoms with E-state index in [1.807, 2.05) is 23.1 Å². The summed E-state index contributed by atoms with van der Waals surface area (Å²) >= 11 is 6.25. The fourth-order valence-corrected chi connectivity index (χ4v) is 5.83. The second-order valence-electron chi connectivity index (χ2n) is 9.96. The highest BCUT2D eigenvalue weighted by molar-refractivity contribution is 6.30. The molecule has 35 heavy (non-hydrogen) atoms. The summed E-state index contributed by atoms with van der Waals surface area (Å²) in [5.74, 6) is 0.00841. The lowest BCUT2D eigenvalue weighted by Crippen LogP contribution is -2.46. The largest absolute Gasteiger partial charge is 0.369 e. The number of benzene rings is 2. The summed E-state index contributed by atoms with van der Waals surface area (Å²) in [4.78, 5) is 28.9. The standard InChI is InChI=1S/C28H33ClN4O2/c29-24-6-3-4-20(16-24)18-33-25(17-23-5-1-2-7-26(23)33)19-31-12-8-22(9-13-31)28(35)32-14-10-21(11-15-32)27(30)34/h1-7,16-17,21-22H,8-15,18-19H2,(H2,30,34). The van der Waals surface area contributed by atoms with Crippen LogP contribution in [0.15, 0.2) is 54.6 Å². The van der Waals surface area contributed by atoms with Crippen molar-refractivity contribution in [2.24, 2.45) is 17.6 Å². The Hall–Kier alpha value is -2.83. The highest BCUT2D eigenvalue weighted by atomic mass is 35.5. The molecule has 0 aliphatic carbocycles. The first kappa shape index (κ1) is 23.9. The SMILES string of the molecule is NC(=O)C1CCN(C(=O)C2CCN(Cc3cc4ccccc4n3Cc3cccc(Cl)c3)CC2)CC1. The molecule has 0 unspecified atom stereocenters. The molecule has 2 aromatic carbocycles. The first-order valence-electron chi connectivity index (χ1n) is 12.6. The third-order valence-corrected chi connectivity index (χ3v) is 7.89. The van der Waals surface area contributed by atoms with E-state index in [2.05, 4.69) is 45.9 Å². The van der Waals surface area contributed by atoms with E-state index in [0.29, 0.717) is 25.9 Å². The van der Waals surface area contributed by atoms with Crippen LogP contribution >= 0.6 is 11.6 Å². The van der Waals surface area contributed by atoms with Crippen molar-refractivity contribution < 1.29 is 9.59 Å². The van der Waals surface area contributed by atoms with E-state index >= 15 is 0 Å². The van der Waals surface area contributed by atoms with E-state index in [1.165, 1.54) is 22.2 Å². The lowest BCUT2D eigenvalue weighted by atomic mass is 9.92. The monoisotopic (exact) mass is 492 g/mol. The zero-order valence-electron chi connectivity index (χ0n) is 20.0. The summed E-state index contributed by atoms with van der Waals surface area (Å²) in [7, 11) is 0. The molecule has 3 heterocycles. The molecule has 0 atom stereocenters. The Labute approximate surface area is 211 Å². The number of primary amides is 1. The molecule has 2 aliphatic heterocycles. The zero-order valence-corrected chi connectivity index (χ0v) is 20.8. The number of carbonyl (C=O) groups excluding carboxylic acids is 2. The molecule has 3 aromatic rings. The number of nitrogens with two attached hydrogens (primary N) is 1. The third kappa shape index (κ3) is 5.39. The summed E-state index contributed by atoms with van der Waals surface area (Å²) in [6.07, 6.45) is 3.14. The van der Waals surface area contributed by atoms with Crippen molar-refractivity contribution in [3.63, 3.8) is 0 Å². The highest BCUT2D eigenvalue weighted by Crippen LogP contribution is 2.27. The Morgan fingerprint density at radius 1 is 0.857 bits per heavy atom. The number of halogens is 1. The molecule has 0 saturated carbocycles. The number of carbonyl (C=O) groups is 2. The van der Waals surface area contributed by atoms with Crippen LogP contribution in [-0.4, -0.2) is 52.4 Å². The lowest BCUT2D eigenvalue weighted by molar-refractivity contribution is -0.140. The molecular formula is C28H33ClN4O2. The van der Waals surface area contributed by atoms with Gasteiger partial charge in [0.15, 0.2) is 0 Å². The van der Waals surface area contributed by atoms with Crippen molar-refractivity contribution in [2.45, 2.75) is 38.8 Å². The van der Waals surface area contributed by atoms with E-state index in [1.54, 1.807) is 0 Å². The van der Waals surface area contributed by atoms with Crippen LogP contribution in [-0.2, 0) is 22.7 Å². The van der Waals surface area contributed by atoms with Gasteiger partial charge in [-0.15, -0.1) is 0 Å². The Kier molecular flexibility index (Phi) is 7.12. The first-order valence-corrected chi connectivity index (χ1v) is 13.0. The van der Waals surface area contributed by atoms with Gasteiger partial charge in [-0.25, -0.2) is 0 Å². The molecule has 184 valence electrons. The van der Waals surface area contributed by atoms with E-state index in [4.69, 9.17) is 17.3 Å². The predicted octanol–water partition coefficient (Wildman–Crippen LogP) is 4.28. The Morgan fingerprint density at radius 2 is 1.57 bits per heavy atom. The minimum Gasteiger partial charge on any atom is -0.369 e. The van der Waals surface area contributed by atoms with Gasteiger partial charge in [-0.3, -0.25) is 14.5 Å². The normalized spacial score (nSPS) is 18.3. The van der Waals surface area contributed by atoms with Crippen LogP contribution in [0.25, 0.3) is 10.9 Å². The smallest absolute Gasteiger partial charge is 0.225 e. The lowest BCUT2D eigenvalue weighted by Gasteiger charge is -2.36. The molecule has 7 heteroatoms. The molecular weight excluding hydrogens is 460 g/mol. The first-order chi connectivity index (χ1) is 17.0. The van der Waals surface area contributed by atoms with E-state index in [9.17, 15) is 9.59 Å². The number of amides is 2. The second kappa shape index (κ2) is 10.4. The number of piperidine rings is 2. The van der Waals surface area contributed by atoms with Crippen LogP contribution in [0, 0.1) is 11.8 Å². The maximum absolute atomic E-state index is 13.1. The quantitative estimate of drug-likeness (QED) is 0.558. The van der Waals surface area contributed by atoms with Gasteiger partial charge in [-0.1, -0.05) is 41.9 Å². The Balaban J connectivity index is 1.23. The van der Waals surface area contributed by atoms with Gasteiger partial charge in [0.25, 0.3) is 0 Å². The number of hydrogen-bond donors (Lipinski definition) is 1. The van der Waals surface area contributed by atoms with Gasteiger partial charge in [0.1, 0.15) is 0 Å². The maximum Gasteiger partial charge on any atom is 0.225 e. The number of nitrogens with zero attached hydrogens (tertiary/aromatic N) is 3. The molecule has 2 saturated heterocycles. The van der Waals surface area contributed by atoms with Gasteiger partial charge in [0.2, 0.25) is 11.8 Å². The minimum atomic E-state index is -0.238. The van der Waals surface area contributed by atoms with Crippen LogP contribution in [0.3, 0.4) is 0 Å². The Bertz CT molecular complexity index is 1210. The van der Waals surface area contributed by atoms with Crippen molar-refractivity contribution in [3.8, 4) is 0 Å². The summed E-state index contributed by atoms with van der Waals surface area (Å²) in [6.45, 7) is 4.76. The number of hydrogen-bond acceptors (Lipinski definition) is 3. The van der Waals surface area contributed by atoms with Crippen LogP contribution in [0.4, 0.5) is 0 Å². The van der Waals surface area contributed by atoms with Gasteiger partial charge < -0.3 is 15.2 Å². The number of aromatic nitrogens is 1. The molecule has 2 N–H and O–H groups in total. The number of fused-ring (bicyclic) bond motifs is 1. The number of rotatable bonds is 6. The number of para-hydroxylation sites is 1. The molecule has 0 spiro atoms. The molecule has 2 fully saturated rings. The molecule has 6 nitrogen and oxygen atoms in total. The van der Waals surface area contributed by atoms with E-state index in [-0.39, 0.29) is 23.7 Å². The Morgan fingerprint density at radius 3 is 2.29 bits per heavy atom. The van der Waals surface area contributed by atoms with Gasteiger partial charge in [0.05, 0.1) is 0 Å². The summed E-state index contributed by atoms with van der Waals surface area (Å²) in [5.41, 5.74) is 9.13. The zero-order chi connectivity index (χ0) is 24.4. The van der Waals surface area contributed by atoms with Gasteiger partial charge in [-0.2, -0.15) is 0 Å². The van der Waals surface area contributed by atoms with Crippen molar-refractivity contribution in [1.82, 2.24) is 14.4 Å². The van der Waals surface area contributed by atoms with Crippen LogP contribution < -0.4 is 5.73 Å². The van der Waals surface area contributed by atoms with E-state index in [0.717, 1.165) is 44.0 Å². The average molecular weight is 493 g/mol. The molecule has 0 bridgehead atoms. The molecule has 1 aromatic heterocycles. The number of likely N-dealkylation sites (tertiary alicyclic amines) is 2. The molecule has 2 aliphatic rings. The van der Waals surface area contributed by atoms with E-state index < -0.39 is 0 Å². The van der Waals surface area contributed by atoms with Crippen molar-refractivity contribution in [3.05, 3.63) is 70.9 Å². The summed E-state index contributed by atoms with van der Waals surface area (Å²) in [6, 6.07) is 18.9. The minimum absolute atomic E-state index is 0.0775. The van der Waals surface area contributed by atoms with Crippen molar-refractivity contribution >= 4 is 34.3 Å².